The zero-order chi connectivity index (χ0) is 19.1. The van der Waals surface area contributed by atoms with Crippen LogP contribution in [0, 0.1) is 18.8 Å². The summed E-state index contributed by atoms with van der Waals surface area (Å²) in [4.78, 5) is 0. The van der Waals surface area contributed by atoms with Crippen molar-refractivity contribution in [1.82, 2.24) is 0 Å². The lowest BCUT2D eigenvalue weighted by molar-refractivity contribution is 0.103. The van der Waals surface area contributed by atoms with Crippen LogP contribution in [-0.4, -0.2) is 5.11 Å². The maximum atomic E-state index is 10.1. The van der Waals surface area contributed by atoms with E-state index >= 15 is 0 Å². The summed E-state index contributed by atoms with van der Waals surface area (Å²) in [5, 5.41) is 10.1. The van der Waals surface area contributed by atoms with E-state index in [0.717, 1.165) is 25.0 Å². The first-order valence-electron chi connectivity index (χ1n) is 10.3. The minimum atomic E-state index is 0.0865. The summed E-state index contributed by atoms with van der Waals surface area (Å²) in [6.07, 6.45) is 3.51. The van der Waals surface area contributed by atoms with Crippen molar-refractivity contribution in [3.8, 4) is 11.5 Å². The van der Waals surface area contributed by atoms with Crippen molar-refractivity contribution in [2.45, 2.75) is 38.2 Å². The van der Waals surface area contributed by atoms with Gasteiger partial charge in [0.2, 0.25) is 0 Å². The summed E-state index contributed by atoms with van der Waals surface area (Å²) in [6.45, 7) is 2.12. The number of hydrogen-bond donors (Lipinski definition) is 1. The topological polar surface area (TPSA) is 29.5 Å². The van der Waals surface area contributed by atoms with Crippen LogP contribution in [0.3, 0.4) is 0 Å². The van der Waals surface area contributed by atoms with Crippen molar-refractivity contribution in [3.63, 3.8) is 0 Å². The fraction of sp³-hybridized carbons (Fsp3) is 0.308. The van der Waals surface area contributed by atoms with E-state index in [1.807, 2.05) is 12.1 Å². The van der Waals surface area contributed by atoms with E-state index in [0.29, 0.717) is 23.5 Å². The van der Waals surface area contributed by atoms with Gasteiger partial charge in [-0.1, -0.05) is 60.2 Å². The highest BCUT2D eigenvalue weighted by molar-refractivity contribution is 5.46. The van der Waals surface area contributed by atoms with Gasteiger partial charge in [-0.25, -0.2) is 0 Å². The summed E-state index contributed by atoms with van der Waals surface area (Å²) < 4.78 is 6.51. The van der Waals surface area contributed by atoms with Crippen molar-refractivity contribution < 1.29 is 9.84 Å². The van der Waals surface area contributed by atoms with Gasteiger partial charge in [-0.05, 0) is 67.3 Å². The van der Waals surface area contributed by atoms with Crippen LogP contribution in [0.15, 0.2) is 72.8 Å². The van der Waals surface area contributed by atoms with Crippen molar-refractivity contribution in [1.29, 1.82) is 0 Å². The molecule has 0 bridgehead atoms. The first-order valence-corrected chi connectivity index (χ1v) is 10.3. The van der Waals surface area contributed by atoms with E-state index in [4.69, 9.17) is 4.74 Å². The Morgan fingerprint density at radius 1 is 0.929 bits per heavy atom. The Morgan fingerprint density at radius 2 is 1.71 bits per heavy atom. The molecule has 0 unspecified atom stereocenters. The van der Waals surface area contributed by atoms with Gasteiger partial charge in [-0.3, -0.25) is 0 Å². The summed E-state index contributed by atoms with van der Waals surface area (Å²) >= 11 is 0. The lowest BCUT2D eigenvalue weighted by Crippen LogP contribution is -2.26. The van der Waals surface area contributed by atoms with Gasteiger partial charge < -0.3 is 9.84 Å². The largest absolute Gasteiger partial charge is 0.508 e. The predicted octanol–water partition coefficient (Wildman–Crippen LogP) is 6.19. The normalized spacial score (nSPS) is 25.6. The molecule has 0 saturated heterocycles. The molecule has 4 atom stereocenters. The average Bonchev–Trinajstić information content (AvgIpc) is 3.13. The molecule has 2 nitrogen and oxygen atoms in total. The van der Waals surface area contributed by atoms with Crippen LogP contribution in [0.4, 0.5) is 0 Å². The van der Waals surface area contributed by atoms with Crippen LogP contribution in [0.25, 0.3) is 0 Å². The molecule has 5 rings (SSSR count). The van der Waals surface area contributed by atoms with Gasteiger partial charge in [0.15, 0.2) is 0 Å². The second-order valence-electron chi connectivity index (χ2n) is 8.47. The van der Waals surface area contributed by atoms with Crippen LogP contribution in [0.1, 0.15) is 47.1 Å². The van der Waals surface area contributed by atoms with Crippen LogP contribution < -0.4 is 4.74 Å². The highest BCUT2D eigenvalue weighted by Crippen LogP contribution is 2.56. The van der Waals surface area contributed by atoms with Crippen molar-refractivity contribution >= 4 is 0 Å². The molecule has 1 aliphatic heterocycles. The second kappa shape index (κ2) is 7.01. The minimum absolute atomic E-state index is 0.0865. The van der Waals surface area contributed by atoms with Crippen LogP contribution in [-0.2, 0) is 6.42 Å². The van der Waals surface area contributed by atoms with Gasteiger partial charge in [-0.2, -0.15) is 0 Å². The molecule has 28 heavy (non-hydrogen) atoms. The Hall–Kier alpha value is -2.74. The summed E-state index contributed by atoms with van der Waals surface area (Å²) in [5.74, 6) is 2.80. The molecule has 2 heteroatoms. The van der Waals surface area contributed by atoms with Crippen LogP contribution >= 0.6 is 0 Å². The Kier molecular flexibility index (Phi) is 4.35. The van der Waals surface area contributed by atoms with Gasteiger partial charge >= 0.3 is 0 Å². The van der Waals surface area contributed by atoms with E-state index in [-0.39, 0.29) is 6.10 Å². The van der Waals surface area contributed by atoms with Crippen LogP contribution in [0.5, 0.6) is 11.5 Å². The number of hydrogen-bond acceptors (Lipinski definition) is 2. The fourth-order valence-electron chi connectivity index (χ4n) is 5.21. The molecule has 1 saturated carbocycles. The summed E-state index contributed by atoms with van der Waals surface area (Å²) in [5.41, 5.74) is 5.13. The highest BCUT2D eigenvalue weighted by Gasteiger charge is 2.45. The Labute approximate surface area is 166 Å². The van der Waals surface area contributed by atoms with Gasteiger partial charge in [0, 0.05) is 11.5 Å². The molecule has 1 aliphatic carbocycles. The first-order chi connectivity index (χ1) is 13.7. The SMILES string of the molecule is Cc1ccc([C@@H]2Oc3ccc(O)cc3[C@@H]3C[C@H](Cc4ccccc4)C[C@@H]32)cc1. The molecule has 1 N–H and O–H groups in total. The molecule has 142 valence electrons. The zero-order valence-electron chi connectivity index (χ0n) is 16.2. The molecule has 2 aliphatic rings. The van der Waals surface area contributed by atoms with Crippen LogP contribution in [0.2, 0.25) is 0 Å². The minimum Gasteiger partial charge on any atom is -0.508 e. The van der Waals surface area contributed by atoms with Crippen molar-refractivity contribution in [3.05, 3.63) is 95.1 Å². The summed E-state index contributed by atoms with van der Waals surface area (Å²) in [7, 11) is 0. The third kappa shape index (κ3) is 3.17. The van der Waals surface area contributed by atoms with E-state index in [2.05, 4.69) is 61.5 Å². The first kappa shape index (κ1) is 17.4. The van der Waals surface area contributed by atoms with E-state index in [9.17, 15) is 5.11 Å². The van der Waals surface area contributed by atoms with E-state index in [1.54, 1.807) is 6.07 Å². The molecule has 3 aromatic carbocycles. The number of benzene rings is 3. The van der Waals surface area contributed by atoms with Gasteiger partial charge in [0.25, 0.3) is 0 Å². The zero-order valence-corrected chi connectivity index (χ0v) is 16.2. The number of aromatic hydroxyl groups is 1. The lowest BCUT2D eigenvalue weighted by Gasteiger charge is -2.36. The number of aryl methyl sites for hydroxylation is 1. The quantitative estimate of drug-likeness (QED) is 0.596. The number of rotatable bonds is 3. The average molecular weight is 370 g/mol. The summed E-state index contributed by atoms with van der Waals surface area (Å²) in [6, 6.07) is 25.2. The van der Waals surface area contributed by atoms with E-state index in [1.165, 1.54) is 22.3 Å². The maximum Gasteiger partial charge on any atom is 0.127 e. The molecular formula is C26H26O2. The Morgan fingerprint density at radius 3 is 2.50 bits per heavy atom. The third-order valence-electron chi connectivity index (χ3n) is 6.52. The van der Waals surface area contributed by atoms with Gasteiger partial charge in [-0.15, -0.1) is 0 Å². The van der Waals surface area contributed by atoms with E-state index < -0.39 is 0 Å². The highest BCUT2D eigenvalue weighted by atomic mass is 16.5. The number of fused-ring (bicyclic) bond motifs is 3. The lowest BCUT2D eigenvalue weighted by atomic mass is 9.80. The molecule has 0 amide bonds. The molecular weight excluding hydrogens is 344 g/mol. The Bertz CT molecular complexity index is 961. The van der Waals surface area contributed by atoms with Crippen molar-refractivity contribution in [2.75, 3.05) is 0 Å². The fourth-order valence-corrected chi connectivity index (χ4v) is 5.21. The smallest absolute Gasteiger partial charge is 0.127 e. The molecule has 1 heterocycles. The maximum absolute atomic E-state index is 10.1. The number of phenolic OH excluding ortho intramolecular Hbond substituents is 1. The molecule has 3 aromatic rings. The third-order valence-corrected chi connectivity index (χ3v) is 6.52. The Balaban J connectivity index is 1.49. The number of ether oxygens (including phenoxy) is 1. The number of phenols is 1. The monoisotopic (exact) mass is 370 g/mol. The molecule has 0 spiro atoms. The molecule has 1 fully saturated rings. The predicted molar refractivity (Wildman–Crippen MR) is 112 cm³/mol. The molecule has 0 aromatic heterocycles. The standard InChI is InChI=1S/C26H26O2/c1-17-7-9-20(10-8-17)26-24-15-19(13-18-5-3-2-4-6-18)14-22(24)23-16-21(27)11-12-25(23)28-26/h2-12,16,19,22,24,26-27H,13-15H2,1H3/t19-,22-,24-,26-/m0/s1. The second-order valence-corrected chi connectivity index (χ2v) is 8.47. The molecule has 0 radical (unpaired) electrons. The van der Waals surface area contributed by atoms with Gasteiger partial charge in [0.1, 0.15) is 17.6 Å². The van der Waals surface area contributed by atoms with Crippen molar-refractivity contribution in [2.24, 2.45) is 11.8 Å². The van der Waals surface area contributed by atoms with Gasteiger partial charge in [0.05, 0.1) is 0 Å².